The number of hydrogen-bond donors (Lipinski definition) is 3. The van der Waals surface area contributed by atoms with Gasteiger partial charge in [-0.2, -0.15) is 13.2 Å². The summed E-state index contributed by atoms with van der Waals surface area (Å²) in [7, 11) is 1.66. The Hall–Kier alpha value is -4.35. The fourth-order valence-corrected chi connectivity index (χ4v) is 3.87. The molecule has 1 amide bonds. The molecule has 9 nitrogen and oxygen atoms in total. The smallest absolute Gasteiger partial charge is 0.490 e. The standard InChI is InChI=1S/C24H27N5O2.C2HF3O2/c1-16(30)26-13-5-6-14-29-21(15-17-9-11-18(31-2)12-10-17)28-22-23(29)19-7-3-4-8-20(19)27-24(22)25;3-2(4,5)1(6)7/h3-4,7-12H,5-6,13-15H2,1-2H3,(H2,25,27)(H,26,30);(H,6,7). The maximum absolute atomic E-state index is 11.1. The number of methoxy groups -OCH3 is 1. The van der Waals surface area contributed by atoms with Gasteiger partial charge in [-0.05, 0) is 36.6 Å². The van der Waals surface area contributed by atoms with E-state index in [2.05, 4.69) is 33.1 Å². The van der Waals surface area contributed by atoms with Crippen LogP contribution in [0, 0.1) is 0 Å². The zero-order valence-corrected chi connectivity index (χ0v) is 20.9. The zero-order valence-electron chi connectivity index (χ0n) is 20.9. The van der Waals surface area contributed by atoms with E-state index in [1.807, 2.05) is 30.3 Å². The average Bonchev–Trinajstić information content (AvgIpc) is 3.23. The summed E-state index contributed by atoms with van der Waals surface area (Å²) in [5.41, 5.74) is 10.1. The fourth-order valence-electron chi connectivity index (χ4n) is 3.87. The Labute approximate surface area is 216 Å². The summed E-state index contributed by atoms with van der Waals surface area (Å²) in [6, 6.07) is 16.0. The Kier molecular flexibility index (Phi) is 9.11. The van der Waals surface area contributed by atoms with Crippen molar-refractivity contribution >= 4 is 39.6 Å². The Morgan fingerprint density at radius 2 is 1.74 bits per heavy atom. The first-order chi connectivity index (χ1) is 18.0. The number of imidazole rings is 1. The number of rotatable bonds is 8. The Morgan fingerprint density at radius 1 is 1.08 bits per heavy atom. The van der Waals surface area contributed by atoms with Gasteiger partial charge >= 0.3 is 12.1 Å². The van der Waals surface area contributed by atoms with Crippen LogP contribution in [0.3, 0.4) is 0 Å². The molecule has 0 fully saturated rings. The molecule has 2 heterocycles. The molecule has 0 saturated heterocycles. The van der Waals surface area contributed by atoms with Crippen molar-refractivity contribution in [2.45, 2.75) is 38.9 Å². The number of unbranched alkanes of at least 4 members (excludes halogenated alkanes) is 1. The van der Waals surface area contributed by atoms with E-state index in [-0.39, 0.29) is 5.91 Å². The summed E-state index contributed by atoms with van der Waals surface area (Å²) >= 11 is 0. The molecule has 0 bridgehead atoms. The quantitative estimate of drug-likeness (QED) is 0.289. The van der Waals surface area contributed by atoms with Crippen molar-refractivity contribution in [3.05, 3.63) is 59.9 Å². The number of fused-ring (bicyclic) bond motifs is 3. The minimum atomic E-state index is -5.08. The fraction of sp³-hybridized carbons (Fsp3) is 0.308. The molecule has 0 radical (unpaired) electrons. The molecule has 0 saturated carbocycles. The van der Waals surface area contributed by atoms with Crippen LogP contribution in [-0.2, 0) is 22.6 Å². The number of aromatic nitrogens is 3. The summed E-state index contributed by atoms with van der Waals surface area (Å²) in [6.07, 6.45) is -2.60. The number of alkyl halides is 3. The predicted molar refractivity (Wildman–Crippen MR) is 137 cm³/mol. The van der Waals surface area contributed by atoms with Crippen LogP contribution in [0.2, 0.25) is 0 Å². The van der Waals surface area contributed by atoms with Crippen molar-refractivity contribution in [2.24, 2.45) is 0 Å². The second-order valence-electron chi connectivity index (χ2n) is 8.41. The molecular weight excluding hydrogens is 503 g/mol. The molecule has 4 rings (SSSR count). The largest absolute Gasteiger partial charge is 0.497 e. The van der Waals surface area contributed by atoms with Gasteiger partial charge in [-0.25, -0.2) is 14.8 Å². The second kappa shape index (κ2) is 12.3. The molecule has 0 aliphatic carbocycles. The van der Waals surface area contributed by atoms with Crippen LogP contribution in [0.15, 0.2) is 48.5 Å². The summed E-state index contributed by atoms with van der Waals surface area (Å²) < 4.78 is 39.3. The van der Waals surface area contributed by atoms with Gasteiger partial charge in [-0.1, -0.05) is 30.3 Å². The minimum Gasteiger partial charge on any atom is -0.497 e. The average molecular weight is 532 g/mol. The highest BCUT2D eigenvalue weighted by Gasteiger charge is 2.38. The Balaban J connectivity index is 0.000000505. The zero-order chi connectivity index (χ0) is 27.9. The van der Waals surface area contributed by atoms with E-state index in [1.165, 1.54) is 6.92 Å². The Bertz CT molecular complexity index is 1420. The monoisotopic (exact) mass is 531 g/mol. The summed E-state index contributed by atoms with van der Waals surface area (Å²) in [4.78, 5) is 29.5. The highest BCUT2D eigenvalue weighted by Crippen LogP contribution is 2.30. The molecule has 0 unspecified atom stereocenters. The number of nitrogens with one attached hydrogen (secondary N) is 1. The number of hydrogen-bond acceptors (Lipinski definition) is 6. The molecule has 4 aromatic rings. The predicted octanol–water partition coefficient (Wildman–Crippen LogP) is 4.32. The van der Waals surface area contributed by atoms with Gasteiger partial charge in [0.2, 0.25) is 5.91 Å². The molecule has 0 aliphatic rings. The van der Waals surface area contributed by atoms with Crippen molar-refractivity contribution in [2.75, 3.05) is 19.4 Å². The highest BCUT2D eigenvalue weighted by atomic mass is 19.4. The van der Waals surface area contributed by atoms with E-state index < -0.39 is 12.1 Å². The van der Waals surface area contributed by atoms with Crippen molar-refractivity contribution in [1.82, 2.24) is 19.9 Å². The number of nitrogen functional groups attached to an aromatic ring is 1. The van der Waals surface area contributed by atoms with Gasteiger partial charge in [-0.15, -0.1) is 0 Å². The molecular formula is C26H28F3N5O4. The lowest BCUT2D eigenvalue weighted by Gasteiger charge is -2.11. The number of aryl methyl sites for hydroxylation is 1. The van der Waals surface area contributed by atoms with Crippen molar-refractivity contribution in [3.8, 4) is 5.75 Å². The van der Waals surface area contributed by atoms with Crippen molar-refractivity contribution in [3.63, 3.8) is 0 Å². The lowest BCUT2D eigenvalue weighted by Crippen LogP contribution is -2.21. The number of carbonyl (C=O) groups is 2. The molecule has 4 N–H and O–H groups in total. The van der Waals surface area contributed by atoms with Gasteiger partial charge < -0.3 is 25.5 Å². The van der Waals surface area contributed by atoms with Gasteiger partial charge in [0.25, 0.3) is 0 Å². The van der Waals surface area contributed by atoms with E-state index in [9.17, 15) is 18.0 Å². The first-order valence-electron chi connectivity index (χ1n) is 11.7. The van der Waals surface area contributed by atoms with E-state index in [0.717, 1.165) is 58.5 Å². The molecule has 38 heavy (non-hydrogen) atoms. The van der Waals surface area contributed by atoms with E-state index in [0.29, 0.717) is 18.8 Å². The Morgan fingerprint density at radius 3 is 2.34 bits per heavy atom. The maximum atomic E-state index is 11.1. The van der Waals surface area contributed by atoms with E-state index in [1.54, 1.807) is 7.11 Å². The number of carbonyl (C=O) groups excluding carboxylic acids is 1. The third kappa shape index (κ3) is 7.11. The number of carboxylic acid groups (broad SMARTS) is 1. The normalized spacial score (nSPS) is 11.2. The first-order valence-corrected chi connectivity index (χ1v) is 11.7. The van der Waals surface area contributed by atoms with Crippen molar-refractivity contribution in [1.29, 1.82) is 0 Å². The number of benzene rings is 2. The van der Waals surface area contributed by atoms with Crippen LogP contribution >= 0.6 is 0 Å². The van der Waals surface area contributed by atoms with Crippen LogP contribution in [0.4, 0.5) is 19.0 Å². The lowest BCUT2D eigenvalue weighted by molar-refractivity contribution is -0.192. The van der Waals surface area contributed by atoms with Crippen LogP contribution in [0.1, 0.15) is 31.2 Å². The number of carboxylic acids is 1. The van der Waals surface area contributed by atoms with E-state index in [4.69, 9.17) is 25.4 Å². The summed E-state index contributed by atoms with van der Waals surface area (Å²) in [5, 5.41) is 11.0. The number of pyridine rings is 1. The minimum absolute atomic E-state index is 0.00174. The summed E-state index contributed by atoms with van der Waals surface area (Å²) in [5.74, 6) is -0.536. The number of halogens is 3. The maximum Gasteiger partial charge on any atom is 0.490 e. The van der Waals surface area contributed by atoms with Crippen molar-refractivity contribution < 1.29 is 32.6 Å². The van der Waals surface area contributed by atoms with Gasteiger partial charge in [0.05, 0.1) is 18.1 Å². The van der Waals surface area contributed by atoms with Gasteiger partial charge in [0.1, 0.15) is 17.1 Å². The third-order valence-electron chi connectivity index (χ3n) is 5.64. The number of ether oxygens (including phenoxy) is 1. The van der Waals surface area contributed by atoms with Crippen LogP contribution in [0.5, 0.6) is 5.75 Å². The molecule has 0 spiro atoms. The van der Waals surface area contributed by atoms with E-state index >= 15 is 0 Å². The highest BCUT2D eigenvalue weighted by molar-refractivity contribution is 6.06. The van der Waals surface area contributed by atoms with Crippen LogP contribution in [0.25, 0.3) is 21.9 Å². The topological polar surface area (TPSA) is 132 Å². The van der Waals surface area contributed by atoms with Gasteiger partial charge in [0.15, 0.2) is 5.82 Å². The molecule has 12 heteroatoms. The van der Waals surface area contributed by atoms with Gasteiger partial charge in [0, 0.05) is 31.8 Å². The molecule has 2 aromatic carbocycles. The molecule has 0 atom stereocenters. The summed E-state index contributed by atoms with van der Waals surface area (Å²) in [6.45, 7) is 2.99. The SMILES string of the molecule is COc1ccc(Cc2nc3c(N)nc4ccccc4c3n2CCCCNC(C)=O)cc1.O=C(O)C(F)(F)F. The molecule has 202 valence electrons. The molecule has 2 aromatic heterocycles. The molecule has 0 aliphatic heterocycles. The number of aliphatic carboxylic acids is 1. The number of anilines is 1. The number of nitrogens with two attached hydrogens (primary N) is 1. The van der Waals surface area contributed by atoms with Gasteiger partial charge in [-0.3, -0.25) is 4.79 Å². The number of para-hydroxylation sites is 1. The number of nitrogens with zero attached hydrogens (tertiary/aromatic N) is 3. The first kappa shape index (κ1) is 28.2. The van der Waals surface area contributed by atoms with Crippen LogP contribution < -0.4 is 15.8 Å². The van der Waals surface area contributed by atoms with Crippen LogP contribution in [-0.4, -0.2) is 51.3 Å². The lowest BCUT2D eigenvalue weighted by atomic mass is 10.1. The number of amides is 1. The third-order valence-corrected chi connectivity index (χ3v) is 5.64. The second-order valence-corrected chi connectivity index (χ2v) is 8.41.